The number of halogens is 1. The molecule has 1 aliphatic heterocycles. The average Bonchev–Trinajstić information content (AvgIpc) is 2.89. The van der Waals surface area contributed by atoms with Crippen molar-refractivity contribution < 1.29 is 9.59 Å². The van der Waals surface area contributed by atoms with Crippen molar-refractivity contribution >= 4 is 40.5 Å². The Morgan fingerprint density at radius 1 is 1.33 bits per heavy atom. The first kappa shape index (κ1) is 24.8. The predicted molar refractivity (Wildman–Crippen MR) is 131 cm³/mol. The predicted octanol–water partition coefficient (Wildman–Crippen LogP) is 2.76. The van der Waals surface area contributed by atoms with Crippen LogP contribution in [0.2, 0.25) is 0 Å². The summed E-state index contributed by atoms with van der Waals surface area (Å²) in [5, 5.41) is 6.40. The molecule has 30 heavy (non-hydrogen) atoms. The lowest BCUT2D eigenvalue weighted by Crippen LogP contribution is -2.49. The van der Waals surface area contributed by atoms with Crippen LogP contribution in [0.5, 0.6) is 0 Å². The molecule has 0 aliphatic carbocycles. The summed E-state index contributed by atoms with van der Waals surface area (Å²) >= 11 is 2.25. The normalized spacial score (nSPS) is 20.0. The van der Waals surface area contributed by atoms with Crippen molar-refractivity contribution in [2.75, 3.05) is 26.2 Å². The van der Waals surface area contributed by atoms with E-state index in [9.17, 15) is 9.59 Å². The van der Waals surface area contributed by atoms with Gasteiger partial charge in [0.05, 0.1) is 6.04 Å². The minimum atomic E-state index is -0.281. The van der Waals surface area contributed by atoms with Crippen LogP contribution in [0, 0.1) is 9.49 Å². The Balaban J connectivity index is 1.92. The van der Waals surface area contributed by atoms with E-state index < -0.39 is 0 Å². The van der Waals surface area contributed by atoms with E-state index in [1.807, 2.05) is 35.2 Å². The topological polar surface area (TPSA) is 87.5 Å². The largest absolute Gasteiger partial charge is 0.351 e. The van der Waals surface area contributed by atoms with Gasteiger partial charge < -0.3 is 21.3 Å². The van der Waals surface area contributed by atoms with Crippen LogP contribution in [0.3, 0.4) is 0 Å². The van der Waals surface area contributed by atoms with Crippen LogP contribution in [0.1, 0.15) is 45.1 Å². The van der Waals surface area contributed by atoms with E-state index in [1.165, 1.54) is 0 Å². The fourth-order valence-electron chi connectivity index (χ4n) is 3.68. The van der Waals surface area contributed by atoms with E-state index in [0.717, 1.165) is 34.9 Å². The van der Waals surface area contributed by atoms with E-state index in [-0.39, 0.29) is 23.9 Å². The standard InChI is InChI=1S/C23H35IN4O2/c1-3-17(4-2)16-28-14-12-20(27-21(11-13-25)23(28)30)15-26-22(29)10-7-18-5-8-19(24)9-6-18/h5-10,17,20-21,27H,3-4,11-16,25H2,1-2H3,(H,26,29)/b10-7+/t20-,21-/m0/s1. The zero-order valence-corrected chi connectivity index (χ0v) is 20.2. The van der Waals surface area contributed by atoms with Crippen LogP contribution >= 0.6 is 22.6 Å². The molecule has 0 radical (unpaired) electrons. The molecule has 0 unspecified atom stereocenters. The molecule has 1 heterocycles. The number of benzene rings is 1. The molecular weight excluding hydrogens is 491 g/mol. The minimum absolute atomic E-state index is 0.0489. The highest BCUT2D eigenvalue weighted by Crippen LogP contribution is 2.15. The van der Waals surface area contributed by atoms with Crippen molar-refractivity contribution in [2.45, 2.75) is 51.6 Å². The van der Waals surface area contributed by atoms with Crippen LogP contribution in [0.4, 0.5) is 0 Å². The van der Waals surface area contributed by atoms with Crippen molar-refractivity contribution in [2.24, 2.45) is 11.7 Å². The molecule has 1 fully saturated rings. The van der Waals surface area contributed by atoms with E-state index in [4.69, 9.17) is 5.73 Å². The Bertz CT molecular complexity index is 704. The summed E-state index contributed by atoms with van der Waals surface area (Å²) in [6.07, 6.45) is 6.93. The van der Waals surface area contributed by atoms with Crippen molar-refractivity contribution in [3.05, 3.63) is 39.5 Å². The Morgan fingerprint density at radius 3 is 2.67 bits per heavy atom. The van der Waals surface area contributed by atoms with E-state index in [2.05, 4.69) is 47.1 Å². The zero-order chi connectivity index (χ0) is 21.9. The second-order valence-electron chi connectivity index (χ2n) is 7.88. The van der Waals surface area contributed by atoms with Crippen molar-refractivity contribution in [1.29, 1.82) is 0 Å². The van der Waals surface area contributed by atoms with Gasteiger partial charge in [-0.15, -0.1) is 0 Å². The molecule has 1 saturated heterocycles. The molecule has 2 atom stereocenters. The SMILES string of the molecule is CCC(CC)CN1CC[C@@H](CNC(=O)/C=C/c2ccc(I)cc2)N[C@@H](CCN)C1=O. The molecule has 1 aliphatic rings. The highest BCUT2D eigenvalue weighted by Gasteiger charge is 2.31. The maximum atomic E-state index is 13.0. The summed E-state index contributed by atoms with van der Waals surface area (Å²) in [6.45, 7) is 6.81. The second-order valence-corrected chi connectivity index (χ2v) is 9.12. The Hall–Kier alpha value is -1.45. The average molecular weight is 526 g/mol. The van der Waals surface area contributed by atoms with Crippen LogP contribution in [-0.2, 0) is 9.59 Å². The number of hydrogen-bond acceptors (Lipinski definition) is 4. The van der Waals surface area contributed by atoms with E-state index in [1.54, 1.807) is 6.08 Å². The lowest BCUT2D eigenvalue weighted by atomic mass is 10.0. The Morgan fingerprint density at radius 2 is 2.03 bits per heavy atom. The first-order valence-corrected chi connectivity index (χ1v) is 12.0. The number of carbonyl (C=O) groups is 2. The molecule has 0 spiro atoms. The molecule has 7 heteroatoms. The van der Waals surface area contributed by atoms with Gasteiger partial charge >= 0.3 is 0 Å². The summed E-state index contributed by atoms with van der Waals surface area (Å²) in [5.74, 6) is 0.533. The van der Waals surface area contributed by atoms with E-state index in [0.29, 0.717) is 32.0 Å². The van der Waals surface area contributed by atoms with Crippen molar-refractivity contribution in [3.63, 3.8) is 0 Å². The summed E-state index contributed by atoms with van der Waals surface area (Å²) in [6, 6.07) is 7.75. The molecule has 0 saturated carbocycles. The van der Waals surface area contributed by atoms with Gasteiger partial charge in [-0.1, -0.05) is 38.8 Å². The summed E-state index contributed by atoms with van der Waals surface area (Å²) < 4.78 is 1.16. The first-order valence-electron chi connectivity index (χ1n) is 10.9. The molecule has 6 nitrogen and oxygen atoms in total. The number of rotatable bonds is 10. The number of carbonyl (C=O) groups excluding carboxylic acids is 2. The molecule has 2 amide bonds. The van der Waals surface area contributed by atoms with Gasteiger partial charge in [0.1, 0.15) is 0 Å². The number of nitrogens with one attached hydrogen (secondary N) is 2. The van der Waals surface area contributed by atoms with Gasteiger partial charge in [-0.2, -0.15) is 0 Å². The Kier molecular flexibility index (Phi) is 10.8. The monoisotopic (exact) mass is 526 g/mol. The third-order valence-electron chi connectivity index (χ3n) is 5.70. The quantitative estimate of drug-likeness (QED) is 0.323. The highest BCUT2D eigenvalue weighted by atomic mass is 127. The summed E-state index contributed by atoms with van der Waals surface area (Å²) in [5.41, 5.74) is 6.74. The van der Waals surface area contributed by atoms with Gasteiger partial charge in [0.2, 0.25) is 11.8 Å². The van der Waals surface area contributed by atoms with Crippen molar-refractivity contribution in [3.8, 4) is 0 Å². The zero-order valence-electron chi connectivity index (χ0n) is 18.1. The Labute approximate surface area is 194 Å². The number of hydrogen-bond donors (Lipinski definition) is 3. The van der Waals surface area contributed by atoms with Gasteiger partial charge in [0, 0.05) is 35.3 Å². The van der Waals surface area contributed by atoms with Crippen LogP contribution < -0.4 is 16.4 Å². The smallest absolute Gasteiger partial charge is 0.244 e. The van der Waals surface area contributed by atoms with Gasteiger partial charge in [-0.05, 0) is 71.7 Å². The van der Waals surface area contributed by atoms with Gasteiger partial charge in [0.25, 0.3) is 0 Å². The summed E-state index contributed by atoms with van der Waals surface area (Å²) in [7, 11) is 0. The van der Waals surface area contributed by atoms with Gasteiger partial charge in [0.15, 0.2) is 0 Å². The van der Waals surface area contributed by atoms with Crippen molar-refractivity contribution in [1.82, 2.24) is 15.5 Å². The molecule has 4 N–H and O–H groups in total. The van der Waals surface area contributed by atoms with Crippen LogP contribution in [-0.4, -0.2) is 55.0 Å². The molecular formula is C23H35IN4O2. The molecule has 0 aromatic heterocycles. The molecule has 166 valence electrons. The minimum Gasteiger partial charge on any atom is -0.351 e. The number of amides is 2. The number of nitrogens with two attached hydrogens (primary N) is 1. The lowest BCUT2D eigenvalue weighted by Gasteiger charge is -2.27. The molecule has 1 aromatic rings. The van der Waals surface area contributed by atoms with Crippen LogP contribution in [0.15, 0.2) is 30.3 Å². The van der Waals surface area contributed by atoms with Crippen LogP contribution in [0.25, 0.3) is 6.08 Å². The fourth-order valence-corrected chi connectivity index (χ4v) is 4.04. The fraction of sp³-hybridized carbons (Fsp3) is 0.565. The first-order chi connectivity index (χ1) is 14.5. The van der Waals surface area contributed by atoms with Gasteiger partial charge in [-0.3, -0.25) is 9.59 Å². The lowest BCUT2D eigenvalue weighted by molar-refractivity contribution is -0.133. The summed E-state index contributed by atoms with van der Waals surface area (Å²) in [4.78, 5) is 27.2. The third-order valence-corrected chi connectivity index (χ3v) is 6.42. The molecule has 0 bridgehead atoms. The molecule has 1 aromatic carbocycles. The van der Waals surface area contributed by atoms with E-state index >= 15 is 0 Å². The number of nitrogens with zero attached hydrogens (tertiary/aromatic N) is 1. The highest BCUT2D eigenvalue weighted by molar-refractivity contribution is 14.1. The van der Waals surface area contributed by atoms with Gasteiger partial charge in [-0.25, -0.2) is 0 Å². The second kappa shape index (κ2) is 13.1. The third kappa shape index (κ3) is 8.00. The maximum Gasteiger partial charge on any atom is 0.244 e. The maximum absolute atomic E-state index is 13.0. The molecule has 2 rings (SSSR count).